The lowest BCUT2D eigenvalue weighted by molar-refractivity contribution is -0.385. The fourth-order valence-corrected chi connectivity index (χ4v) is 0.590. The van der Waals surface area contributed by atoms with Gasteiger partial charge in [0.1, 0.15) is 5.82 Å². The molecule has 0 heterocycles. The van der Waals surface area contributed by atoms with Crippen molar-refractivity contribution in [2.45, 2.75) is 6.92 Å². The number of halogens is 1. The van der Waals surface area contributed by atoms with Crippen LogP contribution in [0.5, 0.6) is 0 Å². The summed E-state index contributed by atoms with van der Waals surface area (Å²) in [5.74, 6) is -1.42. The molecule has 0 aliphatic heterocycles. The number of carbonyl (C=O) groups is 1. The molecule has 0 radical (unpaired) electrons. The molecule has 1 rings (SSSR count). The Kier molecular flexibility index (Phi) is 4.83. The highest BCUT2D eigenvalue weighted by Crippen LogP contribution is 2.10. The number of aliphatic carboxylic acids is 1. The van der Waals surface area contributed by atoms with Gasteiger partial charge in [-0.05, 0) is 6.07 Å². The van der Waals surface area contributed by atoms with Crippen molar-refractivity contribution in [1.29, 1.82) is 0 Å². The number of hydrogen-bond acceptors (Lipinski definition) is 3. The lowest BCUT2D eigenvalue weighted by Crippen LogP contribution is -1.87. The number of non-ortho nitro benzene ring substituents is 1. The fraction of sp³-hybridized carbons (Fsp3) is 0.125. The molecule has 0 spiro atoms. The van der Waals surface area contributed by atoms with Gasteiger partial charge in [-0.3, -0.25) is 14.9 Å². The summed E-state index contributed by atoms with van der Waals surface area (Å²) in [6.07, 6.45) is 0. The summed E-state index contributed by atoms with van der Waals surface area (Å²) in [5.41, 5.74) is -0.222. The first-order valence-corrected chi connectivity index (χ1v) is 3.53. The zero-order valence-corrected chi connectivity index (χ0v) is 7.31. The van der Waals surface area contributed by atoms with Crippen molar-refractivity contribution in [3.63, 3.8) is 0 Å². The van der Waals surface area contributed by atoms with E-state index >= 15 is 0 Å². The quantitative estimate of drug-likeness (QED) is 0.555. The maximum absolute atomic E-state index is 12.2. The van der Waals surface area contributed by atoms with Crippen LogP contribution in [0.2, 0.25) is 0 Å². The maximum atomic E-state index is 12.2. The Morgan fingerprint density at radius 1 is 1.57 bits per heavy atom. The van der Waals surface area contributed by atoms with Crippen LogP contribution in [0.3, 0.4) is 0 Å². The van der Waals surface area contributed by atoms with Gasteiger partial charge in [-0.25, -0.2) is 4.39 Å². The highest BCUT2D eigenvalue weighted by Gasteiger charge is 2.03. The van der Waals surface area contributed by atoms with E-state index in [9.17, 15) is 14.5 Å². The minimum Gasteiger partial charge on any atom is -0.481 e. The van der Waals surface area contributed by atoms with Crippen LogP contribution in [0.1, 0.15) is 6.92 Å². The summed E-state index contributed by atoms with van der Waals surface area (Å²) in [6.45, 7) is 1.08. The van der Waals surface area contributed by atoms with Gasteiger partial charge >= 0.3 is 0 Å². The molecule has 14 heavy (non-hydrogen) atoms. The number of nitro groups is 1. The van der Waals surface area contributed by atoms with Crippen molar-refractivity contribution in [3.05, 3.63) is 40.2 Å². The van der Waals surface area contributed by atoms with Crippen LogP contribution in [0.15, 0.2) is 24.3 Å². The molecular weight excluding hydrogens is 193 g/mol. The van der Waals surface area contributed by atoms with Crippen LogP contribution in [-0.4, -0.2) is 16.0 Å². The highest BCUT2D eigenvalue weighted by molar-refractivity contribution is 5.62. The van der Waals surface area contributed by atoms with Gasteiger partial charge in [0.15, 0.2) is 0 Å². The van der Waals surface area contributed by atoms with Gasteiger partial charge in [0.05, 0.1) is 11.0 Å². The molecular formula is C8H8FNO4. The molecule has 0 fully saturated rings. The monoisotopic (exact) mass is 201 g/mol. The minimum atomic E-state index is -0.833. The summed E-state index contributed by atoms with van der Waals surface area (Å²) >= 11 is 0. The smallest absolute Gasteiger partial charge is 0.300 e. The van der Waals surface area contributed by atoms with Crippen LogP contribution in [0.25, 0.3) is 0 Å². The number of carboxylic acids is 1. The molecule has 0 saturated heterocycles. The Morgan fingerprint density at radius 2 is 2.07 bits per heavy atom. The number of hydrogen-bond donors (Lipinski definition) is 1. The first kappa shape index (κ1) is 12.0. The van der Waals surface area contributed by atoms with E-state index in [2.05, 4.69) is 0 Å². The molecule has 0 aliphatic carbocycles. The van der Waals surface area contributed by atoms with E-state index in [1.54, 1.807) is 0 Å². The van der Waals surface area contributed by atoms with E-state index in [0.717, 1.165) is 19.1 Å². The predicted molar refractivity (Wildman–Crippen MR) is 46.4 cm³/mol. The van der Waals surface area contributed by atoms with Crippen LogP contribution < -0.4 is 0 Å². The second kappa shape index (κ2) is 5.63. The first-order valence-electron chi connectivity index (χ1n) is 3.53. The third kappa shape index (κ3) is 5.64. The Hall–Kier alpha value is -1.98. The first-order chi connectivity index (χ1) is 6.43. The van der Waals surface area contributed by atoms with Gasteiger partial charge < -0.3 is 5.11 Å². The van der Waals surface area contributed by atoms with Gasteiger partial charge in [0.25, 0.3) is 11.7 Å². The van der Waals surface area contributed by atoms with Crippen molar-refractivity contribution in [2.24, 2.45) is 0 Å². The number of nitro benzene ring substituents is 1. The summed E-state index contributed by atoms with van der Waals surface area (Å²) in [6, 6.07) is 4.57. The third-order valence-electron chi connectivity index (χ3n) is 1.02. The summed E-state index contributed by atoms with van der Waals surface area (Å²) in [4.78, 5) is 18.4. The Labute approximate surface area is 78.9 Å². The van der Waals surface area contributed by atoms with Crippen LogP contribution >= 0.6 is 0 Å². The highest BCUT2D eigenvalue weighted by atomic mass is 19.1. The van der Waals surface area contributed by atoms with Crippen molar-refractivity contribution in [1.82, 2.24) is 0 Å². The number of rotatable bonds is 1. The van der Waals surface area contributed by atoms with E-state index in [-0.39, 0.29) is 5.69 Å². The fourth-order valence-electron chi connectivity index (χ4n) is 0.590. The van der Waals surface area contributed by atoms with E-state index in [0.29, 0.717) is 0 Å². The topological polar surface area (TPSA) is 80.4 Å². The Morgan fingerprint density at radius 3 is 2.36 bits per heavy atom. The van der Waals surface area contributed by atoms with Gasteiger partial charge in [-0.1, -0.05) is 6.07 Å². The minimum absolute atomic E-state index is 0.222. The normalized spacial score (nSPS) is 8.43. The molecule has 1 aromatic rings. The van der Waals surface area contributed by atoms with E-state index in [1.807, 2.05) is 0 Å². The largest absolute Gasteiger partial charge is 0.481 e. The van der Waals surface area contributed by atoms with E-state index < -0.39 is 16.7 Å². The summed E-state index contributed by atoms with van der Waals surface area (Å²) < 4.78 is 12.2. The second-order valence-electron chi connectivity index (χ2n) is 2.26. The van der Waals surface area contributed by atoms with Crippen LogP contribution in [0, 0.1) is 15.9 Å². The molecule has 0 aromatic heterocycles. The van der Waals surface area contributed by atoms with Gasteiger partial charge in [-0.15, -0.1) is 0 Å². The van der Waals surface area contributed by atoms with Crippen molar-refractivity contribution in [3.8, 4) is 0 Å². The Balaban J connectivity index is 0.000000364. The average Bonchev–Trinajstić information content (AvgIpc) is 2.03. The predicted octanol–water partition coefficient (Wildman–Crippen LogP) is 1.82. The maximum Gasteiger partial charge on any atom is 0.300 e. The zero-order chi connectivity index (χ0) is 11.1. The summed E-state index contributed by atoms with van der Waals surface area (Å²) in [7, 11) is 0. The number of carboxylic acid groups (broad SMARTS) is 1. The molecule has 76 valence electrons. The van der Waals surface area contributed by atoms with E-state index in [1.165, 1.54) is 12.1 Å². The molecule has 0 aliphatic rings. The molecule has 1 aromatic carbocycles. The molecule has 0 atom stereocenters. The van der Waals surface area contributed by atoms with Crippen molar-refractivity contribution in [2.75, 3.05) is 0 Å². The molecule has 0 bridgehead atoms. The Bertz CT molecular complexity index is 336. The van der Waals surface area contributed by atoms with Gasteiger partial charge in [0.2, 0.25) is 0 Å². The molecule has 0 saturated carbocycles. The average molecular weight is 201 g/mol. The van der Waals surface area contributed by atoms with Gasteiger partial charge in [0, 0.05) is 13.0 Å². The second-order valence-corrected chi connectivity index (χ2v) is 2.26. The standard InChI is InChI=1S/C6H4FNO2.C2H4O2/c7-5-2-1-3-6(4-5)8(9)10;1-2(3)4/h1-4H;1H3,(H,3,4). The molecule has 0 amide bonds. The molecule has 5 nitrogen and oxygen atoms in total. The lowest BCUT2D eigenvalue weighted by atomic mass is 10.3. The van der Waals surface area contributed by atoms with Gasteiger partial charge in [-0.2, -0.15) is 0 Å². The number of benzene rings is 1. The summed E-state index contributed by atoms with van der Waals surface area (Å²) in [5, 5.41) is 17.4. The van der Waals surface area contributed by atoms with Crippen LogP contribution in [-0.2, 0) is 4.79 Å². The third-order valence-corrected chi connectivity index (χ3v) is 1.02. The van der Waals surface area contributed by atoms with Crippen molar-refractivity contribution < 1.29 is 19.2 Å². The molecule has 6 heteroatoms. The van der Waals surface area contributed by atoms with Crippen LogP contribution in [0.4, 0.5) is 10.1 Å². The van der Waals surface area contributed by atoms with Crippen molar-refractivity contribution >= 4 is 11.7 Å². The molecule has 0 unspecified atom stereocenters. The SMILES string of the molecule is CC(=O)O.O=[N+]([O-])c1cccc(F)c1. The van der Waals surface area contributed by atoms with E-state index in [4.69, 9.17) is 9.90 Å². The molecule has 1 N–H and O–H groups in total. The lowest BCUT2D eigenvalue weighted by Gasteiger charge is -1.88. The number of nitrogens with zero attached hydrogens (tertiary/aromatic N) is 1. The zero-order valence-electron chi connectivity index (χ0n) is 7.31.